The molecule has 0 bridgehead atoms. The lowest BCUT2D eigenvalue weighted by Crippen LogP contribution is -2.52. The molecule has 43 heavy (non-hydrogen) atoms. The van der Waals surface area contributed by atoms with Gasteiger partial charge in [-0.2, -0.15) is 18.2 Å². The van der Waals surface area contributed by atoms with Gasteiger partial charge in [0.1, 0.15) is 12.4 Å². The number of sulfonamides is 1. The lowest BCUT2D eigenvalue weighted by Gasteiger charge is -2.31. The number of aliphatic imine (C=N–C) groups is 1. The number of pyridine rings is 1. The van der Waals surface area contributed by atoms with Gasteiger partial charge in [0.15, 0.2) is 23.2 Å². The SMILES string of the molecule is C=C[N+](C)(Cc1ccccc1C(C)(F)F)C(=Nc1cccc(NS(=O)(=O)CC(F)(F)F)n1)NC(=O)c1ccc(F)c(F)c1. The Bertz CT molecular complexity index is 1660. The van der Waals surface area contributed by atoms with E-state index in [4.69, 9.17) is 0 Å². The van der Waals surface area contributed by atoms with Crippen molar-refractivity contribution in [2.45, 2.75) is 25.6 Å². The van der Waals surface area contributed by atoms with E-state index in [1.165, 1.54) is 49.6 Å². The molecule has 0 aliphatic rings. The van der Waals surface area contributed by atoms with Gasteiger partial charge in [0.05, 0.1) is 13.2 Å². The number of nitrogens with one attached hydrogen (secondary N) is 2. The first-order valence-electron chi connectivity index (χ1n) is 12.2. The lowest BCUT2D eigenvalue weighted by molar-refractivity contribution is -0.782. The molecule has 0 aliphatic carbocycles. The van der Waals surface area contributed by atoms with Gasteiger partial charge in [0.2, 0.25) is 10.0 Å². The largest absolute Gasteiger partial charge is 0.404 e. The van der Waals surface area contributed by atoms with Gasteiger partial charge in [-0.25, -0.2) is 35.4 Å². The van der Waals surface area contributed by atoms with Crippen molar-refractivity contribution in [3.8, 4) is 0 Å². The highest BCUT2D eigenvalue weighted by molar-refractivity contribution is 7.92. The van der Waals surface area contributed by atoms with E-state index in [0.29, 0.717) is 19.1 Å². The molecule has 0 fully saturated rings. The van der Waals surface area contributed by atoms with Crippen molar-refractivity contribution in [2.24, 2.45) is 4.99 Å². The van der Waals surface area contributed by atoms with Crippen molar-refractivity contribution in [3.63, 3.8) is 0 Å². The fourth-order valence-electron chi connectivity index (χ4n) is 3.81. The molecule has 0 aliphatic heterocycles. The predicted molar refractivity (Wildman–Crippen MR) is 145 cm³/mol. The molecule has 1 heterocycles. The van der Waals surface area contributed by atoms with Crippen LogP contribution in [0.5, 0.6) is 0 Å². The van der Waals surface area contributed by atoms with E-state index in [1.807, 2.05) is 0 Å². The second-order valence-corrected chi connectivity index (χ2v) is 11.3. The normalized spacial score (nSPS) is 14.1. The highest BCUT2D eigenvalue weighted by atomic mass is 32.2. The molecule has 1 amide bonds. The van der Waals surface area contributed by atoms with Crippen LogP contribution in [0.15, 0.2) is 78.4 Å². The molecular weight excluding hydrogens is 607 g/mol. The summed E-state index contributed by atoms with van der Waals surface area (Å²) in [5.74, 6) is -10.2. The number of carbonyl (C=O) groups excluding carboxylic acids is 1. The summed E-state index contributed by atoms with van der Waals surface area (Å²) in [6, 6.07) is 11.3. The van der Waals surface area contributed by atoms with Crippen LogP contribution in [-0.4, -0.2) is 48.7 Å². The third-order valence-electron chi connectivity index (χ3n) is 5.85. The van der Waals surface area contributed by atoms with Crippen molar-refractivity contribution >= 4 is 33.5 Å². The number of halogens is 7. The monoisotopic (exact) mass is 632 g/mol. The number of hydrogen-bond acceptors (Lipinski definition) is 5. The van der Waals surface area contributed by atoms with Crippen molar-refractivity contribution in [1.29, 1.82) is 0 Å². The summed E-state index contributed by atoms with van der Waals surface area (Å²) in [4.78, 5) is 21.2. The minimum atomic E-state index is -5.03. The number of anilines is 1. The Kier molecular flexibility index (Phi) is 9.66. The Labute approximate surface area is 242 Å². The molecule has 2 N–H and O–H groups in total. The van der Waals surface area contributed by atoms with E-state index in [-0.39, 0.29) is 35.0 Å². The van der Waals surface area contributed by atoms with E-state index in [2.05, 4.69) is 21.9 Å². The zero-order valence-electron chi connectivity index (χ0n) is 22.6. The summed E-state index contributed by atoms with van der Waals surface area (Å²) < 4.78 is 119. The van der Waals surface area contributed by atoms with Gasteiger partial charge < -0.3 is 0 Å². The Morgan fingerprint density at radius 1 is 1.02 bits per heavy atom. The first-order valence-corrected chi connectivity index (χ1v) is 13.8. The molecule has 0 saturated heterocycles. The first-order chi connectivity index (χ1) is 19.8. The number of carbonyl (C=O) groups is 1. The molecule has 2 aromatic carbocycles. The number of aromatic nitrogens is 1. The number of amides is 1. The van der Waals surface area contributed by atoms with Crippen molar-refractivity contribution < 1.29 is 48.4 Å². The van der Waals surface area contributed by atoms with Gasteiger partial charge in [0, 0.05) is 23.6 Å². The van der Waals surface area contributed by atoms with Crippen molar-refractivity contribution in [1.82, 2.24) is 10.3 Å². The average Bonchev–Trinajstić information content (AvgIpc) is 2.88. The van der Waals surface area contributed by atoms with Crippen LogP contribution in [0.4, 0.5) is 42.4 Å². The fraction of sp³-hybridized carbons (Fsp3) is 0.222. The smallest absolute Gasteiger partial charge is 0.269 e. The van der Waals surface area contributed by atoms with Crippen LogP contribution in [0.25, 0.3) is 0 Å². The van der Waals surface area contributed by atoms with E-state index >= 15 is 0 Å². The van der Waals surface area contributed by atoms with Gasteiger partial charge in [-0.05, 0) is 36.9 Å². The molecule has 1 aromatic heterocycles. The summed E-state index contributed by atoms with van der Waals surface area (Å²) >= 11 is 0. The molecule has 8 nitrogen and oxygen atoms in total. The molecule has 0 radical (unpaired) electrons. The van der Waals surface area contributed by atoms with Crippen LogP contribution < -0.4 is 10.0 Å². The van der Waals surface area contributed by atoms with Crippen molar-refractivity contribution in [3.05, 3.63) is 102 Å². The second kappa shape index (κ2) is 12.5. The molecule has 16 heteroatoms. The minimum absolute atomic E-state index is 0.119. The number of guanidine groups is 1. The summed E-state index contributed by atoms with van der Waals surface area (Å²) in [7, 11) is -3.49. The number of hydrogen-bond donors (Lipinski definition) is 2. The Balaban J connectivity index is 2.10. The summed E-state index contributed by atoms with van der Waals surface area (Å²) in [6.45, 7) is 4.13. The Morgan fingerprint density at radius 2 is 1.70 bits per heavy atom. The maximum Gasteiger partial charge on any atom is 0.404 e. The van der Waals surface area contributed by atoms with Crippen LogP contribution in [0.1, 0.15) is 28.4 Å². The van der Waals surface area contributed by atoms with Gasteiger partial charge in [-0.15, -0.1) is 0 Å². The molecule has 230 valence electrons. The van der Waals surface area contributed by atoms with E-state index < -0.39 is 55.7 Å². The van der Waals surface area contributed by atoms with Crippen LogP contribution in [-0.2, 0) is 22.5 Å². The molecule has 1 atom stereocenters. The number of nitrogens with zero attached hydrogens (tertiary/aromatic N) is 3. The van der Waals surface area contributed by atoms with Gasteiger partial charge in [-0.1, -0.05) is 30.3 Å². The summed E-state index contributed by atoms with van der Waals surface area (Å²) in [5.41, 5.74) is -0.565. The maximum absolute atomic E-state index is 14.4. The zero-order chi connectivity index (χ0) is 32.2. The number of benzene rings is 2. The van der Waals surface area contributed by atoms with Crippen LogP contribution >= 0.6 is 0 Å². The Hall–Kier alpha value is -4.31. The number of alkyl halides is 5. The summed E-state index contributed by atoms with van der Waals surface area (Å²) in [5, 5.41) is 2.41. The standard InChI is InChI=1S/C27H24F7N5O3S/c1-4-39(3,15-18-8-5-6-9-19(18)26(2,30)31)25(37-24(40)17-12-13-20(28)21(29)14-17)36-22-10-7-11-23(35-22)38-43(41,42)16-27(32,33)34/h4-14H,1,15-16H2,2-3H3,(H-,35,36,37,38,40)/p+1. The van der Waals surface area contributed by atoms with Crippen molar-refractivity contribution in [2.75, 3.05) is 17.5 Å². The molecule has 3 aromatic rings. The molecule has 0 saturated carbocycles. The Morgan fingerprint density at radius 3 is 2.30 bits per heavy atom. The lowest BCUT2D eigenvalue weighted by atomic mass is 10.0. The molecule has 0 spiro atoms. The number of rotatable bonds is 9. The van der Waals surface area contributed by atoms with E-state index in [0.717, 1.165) is 12.1 Å². The number of quaternary nitrogens is 1. The van der Waals surface area contributed by atoms with Crippen LogP contribution in [0.3, 0.4) is 0 Å². The van der Waals surface area contributed by atoms with E-state index in [9.17, 15) is 43.9 Å². The van der Waals surface area contributed by atoms with Gasteiger partial charge >= 0.3 is 12.1 Å². The molecule has 1 unspecified atom stereocenters. The molecule has 3 rings (SSSR count). The predicted octanol–water partition coefficient (Wildman–Crippen LogP) is 5.98. The van der Waals surface area contributed by atoms with Crippen LogP contribution in [0, 0.1) is 11.6 Å². The highest BCUT2D eigenvalue weighted by Gasteiger charge is 2.36. The zero-order valence-corrected chi connectivity index (χ0v) is 23.4. The van der Waals surface area contributed by atoms with E-state index in [1.54, 1.807) is 4.72 Å². The quantitative estimate of drug-likeness (QED) is 0.131. The van der Waals surface area contributed by atoms with Gasteiger partial charge in [-0.3, -0.25) is 14.8 Å². The first kappa shape index (κ1) is 33.2. The second-order valence-electron chi connectivity index (χ2n) is 9.53. The highest BCUT2D eigenvalue weighted by Crippen LogP contribution is 2.32. The molecular formula is C27H25F7N5O3S+. The minimum Gasteiger partial charge on any atom is -0.269 e. The topological polar surface area (TPSA) is 101 Å². The summed E-state index contributed by atoms with van der Waals surface area (Å²) in [6.07, 6.45) is -3.81. The van der Waals surface area contributed by atoms with Gasteiger partial charge in [0.25, 0.3) is 11.8 Å². The third kappa shape index (κ3) is 9.09. The average molecular weight is 633 g/mol. The fourth-order valence-corrected chi connectivity index (χ4v) is 4.74. The maximum atomic E-state index is 14.4. The third-order valence-corrected chi connectivity index (χ3v) is 7.08. The van der Waals surface area contributed by atoms with Crippen LogP contribution in [0.2, 0.25) is 0 Å².